The number of carboxylic acids is 1. The van der Waals surface area contributed by atoms with E-state index >= 15 is 0 Å². The maximum atomic E-state index is 12.5. The topological polar surface area (TPSA) is 100 Å². The van der Waals surface area contributed by atoms with Crippen molar-refractivity contribution in [1.29, 1.82) is 0 Å². The van der Waals surface area contributed by atoms with E-state index in [4.69, 9.17) is 14.3 Å². The fourth-order valence-electron chi connectivity index (χ4n) is 3.93. The summed E-state index contributed by atoms with van der Waals surface area (Å²) in [6, 6.07) is 20.1. The monoisotopic (exact) mass is 435 g/mol. The van der Waals surface area contributed by atoms with E-state index < -0.39 is 12.1 Å². The van der Waals surface area contributed by atoms with Crippen LogP contribution in [0.1, 0.15) is 46.4 Å². The van der Waals surface area contributed by atoms with Crippen molar-refractivity contribution >= 4 is 17.6 Å². The minimum Gasteiger partial charge on any atom is -0.475 e. The highest BCUT2D eigenvalue weighted by Gasteiger charge is 2.32. The summed E-state index contributed by atoms with van der Waals surface area (Å²) < 4.78 is 10.9. The van der Waals surface area contributed by atoms with Crippen LogP contribution >= 0.6 is 0 Å². The number of hydrogen-bond acceptors (Lipinski definition) is 5. The standard InChI is InChI=1S/C25H25NO6/c27-22(14-17-4-2-1-3-5-17)18-6-8-19(9-7-18)26-20(10-13-24(26)28)15-31-16-21-11-12-23(32-21)25(29)30/h1-9,11-12,20,22,27H,10,13-16H2,(H,29,30)/t20-,22?/m1/s1. The van der Waals surface area contributed by atoms with Gasteiger partial charge in [-0.1, -0.05) is 42.5 Å². The fourth-order valence-corrected chi connectivity index (χ4v) is 3.93. The van der Waals surface area contributed by atoms with Crippen molar-refractivity contribution in [3.8, 4) is 0 Å². The van der Waals surface area contributed by atoms with Gasteiger partial charge >= 0.3 is 5.97 Å². The Morgan fingerprint density at radius 1 is 1.09 bits per heavy atom. The lowest BCUT2D eigenvalue weighted by atomic mass is 10.0. The summed E-state index contributed by atoms with van der Waals surface area (Å²) >= 11 is 0. The number of carboxylic acid groups (broad SMARTS) is 1. The third-order valence-electron chi connectivity index (χ3n) is 5.58. The number of aromatic carboxylic acids is 1. The van der Waals surface area contributed by atoms with Crippen LogP contribution in [0.4, 0.5) is 5.69 Å². The quantitative estimate of drug-likeness (QED) is 0.528. The van der Waals surface area contributed by atoms with Crippen LogP contribution in [0.3, 0.4) is 0 Å². The minimum absolute atomic E-state index is 0.0300. The number of hydrogen-bond donors (Lipinski definition) is 2. The van der Waals surface area contributed by atoms with Gasteiger partial charge in [-0.2, -0.15) is 0 Å². The molecule has 0 aliphatic carbocycles. The Bertz CT molecular complexity index is 1060. The molecule has 4 rings (SSSR count). The van der Waals surface area contributed by atoms with Crippen LogP contribution in [0.15, 0.2) is 71.1 Å². The summed E-state index contributed by atoms with van der Waals surface area (Å²) in [6.45, 7) is 0.448. The Kier molecular flexibility index (Phi) is 6.68. The summed E-state index contributed by atoms with van der Waals surface area (Å²) in [5.41, 5.74) is 2.62. The zero-order valence-electron chi connectivity index (χ0n) is 17.5. The number of ether oxygens (including phenoxy) is 1. The number of nitrogens with zero attached hydrogens (tertiary/aromatic N) is 1. The third kappa shape index (κ3) is 5.07. The molecule has 0 spiro atoms. The molecule has 1 amide bonds. The number of rotatable bonds is 9. The highest BCUT2D eigenvalue weighted by atomic mass is 16.5. The molecule has 32 heavy (non-hydrogen) atoms. The lowest BCUT2D eigenvalue weighted by Crippen LogP contribution is -2.36. The van der Waals surface area contributed by atoms with E-state index in [9.17, 15) is 14.7 Å². The van der Waals surface area contributed by atoms with Gasteiger partial charge in [0.2, 0.25) is 11.7 Å². The summed E-state index contributed by atoms with van der Waals surface area (Å²) in [5, 5.41) is 19.5. The fraction of sp³-hybridized carbons (Fsp3) is 0.280. The third-order valence-corrected chi connectivity index (χ3v) is 5.58. The molecule has 1 fully saturated rings. The van der Waals surface area contributed by atoms with Crippen molar-refractivity contribution in [3.05, 3.63) is 89.4 Å². The van der Waals surface area contributed by atoms with E-state index in [0.717, 1.165) is 16.8 Å². The molecular weight excluding hydrogens is 410 g/mol. The molecule has 7 heteroatoms. The molecule has 1 saturated heterocycles. The van der Waals surface area contributed by atoms with Crippen LogP contribution in [0.2, 0.25) is 0 Å². The molecule has 0 bridgehead atoms. The van der Waals surface area contributed by atoms with E-state index in [1.165, 1.54) is 6.07 Å². The molecule has 1 aromatic heterocycles. The molecule has 1 unspecified atom stereocenters. The van der Waals surface area contributed by atoms with Gasteiger partial charge in [-0.25, -0.2) is 4.79 Å². The number of carbonyl (C=O) groups excluding carboxylic acids is 1. The smallest absolute Gasteiger partial charge is 0.371 e. The minimum atomic E-state index is -1.12. The van der Waals surface area contributed by atoms with Gasteiger partial charge in [0.15, 0.2) is 0 Å². The number of furan rings is 1. The molecule has 2 aromatic carbocycles. The van der Waals surface area contributed by atoms with E-state index in [0.29, 0.717) is 31.6 Å². The predicted octanol–water partition coefficient (Wildman–Crippen LogP) is 3.97. The van der Waals surface area contributed by atoms with Crippen molar-refractivity contribution in [3.63, 3.8) is 0 Å². The van der Waals surface area contributed by atoms with Gasteiger partial charge < -0.3 is 24.3 Å². The Balaban J connectivity index is 1.36. The van der Waals surface area contributed by atoms with Crippen molar-refractivity contribution in [1.82, 2.24) is 0 Å². The van der Waals surface area contributed by atoms with E-state index in [1.807, 2.05) is 54.6 Å². The van der Waals surface area contributed by atoms with E-state index in [1.54, 1.807) is 11.0 Å². The van der Waals surface area contributed by atoms with Gasteiger partial charge in [0, 0.05) is 18.5 Å². The van der Waals surface area contributed by atoms with Gasteiger partial charge in [0.25, 0.3) is 0 Å². The average Bonchev–Trinajstić information content (AvgIpc) is 3.42. The second kappa shape index (κ2) is 9.80. The van der Waals surface area contributed by atoms with Crippen molar-refractivity contribution in [2.45, 2.75) is 38.0 Å². The lowest BCUT2D eigenvalue weighted by Gasteiger charge is -2.25. The SMILES string of the molecule is O=C(O)c1ccc(COC[C@H]2CCC(=O)N2c2ccc(C(O)Cc3ccccc3)cc2)o1. The van der Waals surface area contributed by atoms with Crippen LogP contribution in [-0.4, -0.2) is 34.7 Å². The molecule has 2 N–H and O–H groups in total. The van der Waals surface area contributed by atoms with E-state index in [-0.39, 0.29) is 24.3 Å². The predicted molar refractivity (Wildman–Crippen MR) is 117 cm³/mol. The van der Waals surface area contributed by atoms with E-state index in [2.05, 4.69) is 0 Å². The highest BCUT2D eigenvalue weighted by molar-refractivity contribution is 5.96. The molecule has 1 aliphatic heterocycles. The first kappa shape index (κ1) is 21.8. The number of aliphatic hydroxyl groups is 1. The first-order valence-corrected chi connectivity index (χ1v) is 10.5. The Morgan fingerprint density at radius 3 is 2.53 bits per heavy atom. The zero-order valence-corrected chi connectivity index (χ0v) is 17.5. The van der Waals surface area contributed by atoms with Crippen molar-refractivity contribution in [2.24, 2.45) is 0 Å². The molecule has 7 nitrogen and oxygen atoms in total. The first-order chi connectivity index (χ1) is 15.5. The summed E-state index contributed by atoms with van der Waals surface area (Å²) in [7, 11) is 0. The summed E-state index contributed by atoms with van der Waals surface area (Å²) in [6.07, 6.45) is 1.02. The molecular formula is C25H25NO6. The normalized spacial score (nSPS) is 17.0. The largest absolute Gasteiger partial charge is 0.475 e. The average molecular weight is 435 g/mol. The molecule has 1 aliphatic rings. The molecule has 3 aromatic rings. The van der Waals surface area contributed by atoms with Gasteiger partial charge in [-0.15, -0.1) is 0 Å². The number of benzene rings is 2. The van der Waals surface area contributed by atoms with Crippen LogP contribution in [0.25, 0.3) is 0 Å². The molecule has 2 atom stereocenters. The van der Waals surface area contributed by atoms with Gasteiger partial charge in [0.1, 0.15) is 12.4 Å². The molecule has 0 saturated carbocycles. The molecule has 2 heterocycles. The van der Waals surface area contributed by atoms with Crippen LogP contribution < -0.4 is 4.90 Å². The maximum Gasteiger partial charge on any atom is 0.371 e. The van der Waals surface area contributed by atoms with Crippen molar-refractivity contribution in [2.75, 3.05) is 11.5 Å². The van der Waals surface area contributed by atoms with Crippen LogP contribution in [0.5, 0.6) is 0 Å². The number of carbonyl (C=O) groups is 2. The molecule has 166 valence electrons. The maximum absolute atomic E-state index is 12.5. The zero-order chi connectivity index (χ0) is 22.5. The number of amides is 1. The summed E-state index contributed by atoms with van der Waals surface area (Å²) in [5.74, 6) is -0.797. The number of anilines is 1. The van der Waals surface area contributed by atoms with Gasteiger partial charge in [-0.3, -0.25) is 4.79 Å². The highest BCUT2D eigenvalue weighted by Crippen LogP contribution is 2.29. The second-order valence-electron chi connectivity index (χ2n) is 7.84. The second-order valence-corrected chi connectivity index (χ2v) is 7.84. The van der Waals surface area contributed by atoms with Crippen LogP contribution in [0, 0.1) is 0 Å². The summed E-state index contributed by atoms with van der Waals surface area (Å²) in [4.78, 5) is 25.1. The molecule has 0 radical (unpaired) electrons. The van der Waals surface area contributed by atoms with Crippen LogP contribution in [-0.2, 0) is 22.6 Å². The Labute approximate surface area is 185 Å². The lowest BCUT2D eigenvalue weighted by molar-refractivity contribution is -0.117. The Hall–Kier alpha value is -3.42. The van der Waals surface area contributed by atoms with Gasteiger partial charge in [0.05, 0.1) is 18.8 Å². The first-order valence-electron chi connectivity index (χ1n) is 10.5. The number of aliphatic hydroxyl groups excluding tert-OH is 1. The van der Waals surface area contributed by atoms with Crippen molar-refractivity contribution < 1.29 is 29.0 Å². The van der Waals surface area contributed by atoms with Gasteiger partial charge in [-0.05, 0) is 41.8 Å². The Morgan fingerprint density at radius 2 is 1.84 bits per heavy atom.